The number of anilines is 1. The number of hydrogen-bond acceptors (Lipinski definition) is 4. The fourth-order valence-corrected chi connectivity index (χ4v) is 3.47. The SMILES string of the molecule is CN1CC[C@]2(F)C(=O)N(c3ccc(C(=O)O)c(OC(F)(F)F)c3)C[C@@H]2C1. The third-order valence-corrected chi connectivity index (χ3v) is 4.77. The van der Waals surface area contributed by atoms with Crippen LogP contribution in [0.25, 0.3) is 0 Å². The molecule has 2 fully saturated rings. The minimum Gasteiger partial charge on any atom is -0.478 e. The number of carbonyl (C=O) groups is 2. The number of nitrogens with zero attached hydrogens (tertiary/aromatic N) is 2. The number of aromatic carboxylic acids is 1. The van der Waals surface area contributed by atoms with Crippen molar-refractivity contribution in [3.05, 3.63) is 23.8 Å². The van der Waals surface area contributed by atoms with Gasteiger partial charge >= 0.3 is 12.3 Å². The summed E-state index contributed by atoms with van der Waals surface area (Å²) in [7, 11) is 1.80. The molecule has 1 amide bonds. The van der Waals surface area contributed by atoms with Crippen molar-refractivity contribution in [2.45, 2.75) is 18.5 Å². The molecule has 1 N–H and O–H groups in total. The Morgan fingerprint density at radius 3 is 2.65 bits per heavy atom. The lowest BCUT2D eigenvalue weighted by molar-refractivity contribution is -0.274. The summed E-state index contributed by atoms with van der Waals surface area (Å²) >= 11 is 0. The van der Waals surface area contributed by atoms with Crippen LogP contribution in [0, 0.1) is 5.92 Å². The molecule has 2 heterocycles. The van der Waals surface area contributed by atoms with Crippen LogP contribution in [0.4, 0.5) is 23.2 Å². The Labute approximate surface area is 145 Å². The quantitative estimate of drug-likeness (QED) is 0.820. The number of amides is 1. The highest BCUT2D eigenvalue weighted by Gasteiger charge is 2.57. The number of carboxylic acids is 1. The first kappa shape index (κ1) is 18.4. The van der Waals surface area contributed by atoms with Crippen molar-refractivity contribution in [2.75, 3.05) is 31.6 Å². The van der Waals surface area contributed by atoms with Crippen LogP contribution in [-0.2, 0) is 4.79 Å². The second-order valence-corrected chi connectivity index (χ2v) is 6.52. The maximum Gasteiger partial charge on any atom is 0.573 e. The topological polar surface area (TPSA) is 70.1 Å². The van der Waals surface area contributed by atoms with Gasteiger partial charge in [-0.3, -0.25) is 4.79 Å². The van der Waals surface area contributed by atoms with Gasteiger partial charge in [-0.15, -0.1) is 13.2 Å². The van der Waals surface area contributed by atoms with Crippen molar-refractivity contribution < 1.29 is 37.0 Å². The molecule has 10 heteroatoms. The van der Waals surface area contributed by atoms with Crippen LogP contribution in [0.15, 0.2) is 18.2 Å². The molecule has 0 bridgehead atoms. The maximum atomic E-state index is 15.1. The molecule has 2 aliphatic heterocycles. The Morgan fingerprint density at radius 2 is 2.04 bits per heavy atom. The van der Waals surface area contributed by atoms with Gasteiger partial charge in [0, 0.05) is 43.7 Å². The number of rotatable bonds is 3. The number of alkyl halides is 4. The molecule has 3 rings (SSSR count). The molecular formula is C16H16F4N2O4. The minimum absolute atomic E-state index is 0.00243. The zero-order valence-corrected chi connectivity index (χ0v) is 13.7. The van der Waals surface area contributed by atoms with Gasteiger partial charge in [-0.1, -0.05) is 0 Å². The van der Waals surface area contributed by atoms with Gasteiger partial charge in [0.1, 0.15) is 11.3 Å². The van der Waals surface area contributed by atoms with E-state index in [4.69, 9.17) is 5.11 Å². The highest BCUT2D eigenvalue weighted by molar-refractivity contribution is 6.03. The van der Waals surface area contributed by atoms with Crippen LogP contribution in [0.5, 0.6) is 5.75 Å². The number of ether oxygens (including phenoxy) is 1. The lowest BCUT2D eigenvalue weighted by Crippen LogP contribution is -2.49. The molecular weight excluding hydrogens is 360 g/mol. The lowest BCUT2D eigenvalue weighted by atomic mass is 9.85. The zero-order valence-electron chi connectivity index (χ0n) is 13.7. The number of benzene rings is 1. The molecule has 0 spiro atoms. The second-order valence-electron chi connectivity index (χ2n) is 6.52. The van der Waals surface area contributed by atoms with E-state index in [1.165, 1.54) is 6.07 Å². The molecule has 6 nitrogen and oxygen atoms in total. The first-order chi connectivity index (χ1) is 12.0. The fraction of sp³-hybridized carbons (Fsp3) is 0.500. The molecule has 0 aromatic heterocycles. The molecule has 0 unspecified atom stereocenters. The first-order valence-corrected chi connectivity index (χ1v) is 7.84. The predicted molar refractivity (Wildman–Crippen MR) is 81.9 cm³/mol. The molecule has 0 aliphatic carbocycles. The van der Waals surface area contributed by atoms with E-state index < -0.39 is 41.1 Å². The Bertz CT molecular complexity index is 754. The van der Waals surface area contributed by atoms with Gasteiger partial charge in [-0.2, -0.15) is 0 Å². The smallest absolute Gasteiger partial charge is 0.478 e. The number of carboxylic acid groups (broad SMARTS) is 1. The fourth-order valence-electron chi connectivity index (χ4n) is 3.47. The molecule has 26 heavy (non-hydrogen) atoms. The van der Waals surface area contributed by atoms with E-state index in [2.05, 4.69) is 4.74 Å². The van der Waals surface area contributed by atoms with Crippen LogP contribution in [0.3, 0.4) is 0 Å². The monoisotopic (exact) mass is 376 g/mol. The minimum atomic E-state index is -5.10. The average molecular weight is 376 g/mol. The highest BCUT2D eigenvalue weighted by Crippen LogP contribution is 2.42. The number of hydrogen-bond donors (Lipinski definition) is 1. The van der Waals surface area contributed by atoms with E-state index in [9.17, 15) is 22.8 Å². The maximum absolute atomic E-state index is 15.1. The number of piperidine rings is 1. The van der Waals surface area contributed by atoms with Gasteiger partial charge < -0.3 is 19.6 Å². The standard InChI is InChI=1S/C16H16F4N2O4/c1-21-5-4-15(17)9(7-21)8-22(14(15)25)10-2-3-11(13(23)24)12(6-10)26-16(18,19)20/h2-3,6,9H,4-5,7-8H2,1H3,(H,23,24)/t9-,15+/m0/s1. The molecule has 142 valence electrons. The molecule has 1 aromatic rings. The van der Waals surface area contributed by atoms with E-state index in [-0.39, 0.29) is 18.7 Å². The Balaban J connectivity index is 1.96. The van der Waals surface area contributed by atoms with E-state index in [0.717, 1.165) is 17.0 Å². The van der Waals surface area contributed by atoms with Crippen LogP contribution in [-0.4, -0.2) is 60.6 Å². The van der Waals surface area contributed by atoms with Crippen molar-refractivity contribution in [3.8, 4) is 5.75 Å². The summed E-state index contributed by atoms with van der Waals surface area (Å²) in [5.41, 5.74) is -2.80. The van der Waals surface area contributed by atoms with Crippen LogP contribution in [0.1, 0.15) is 16.8 Å². The van der Waals surface area contributed by atoms with Crippen LogP contribution >= 0.6 is 0 Å². The Morgan fingerprint density at radius 1 is 1.35 bits per heavy atom. The van der Waals surface area contributed by atoms with Crippen molar-refractivity contribution in [1.82, 2.24) is 4.90 Å². The summed E-state index contributed by atoms with van der Waals surface area (Å²) in [4.78, 5) is 26.6. The summed E-state index contributed by atoms with van der Waals surface area (Å²) < 4.78 is 56.6. The second kappa shape index (κ2) is 6.11. The van der Waals surface area contributed by atoms with Gasteiger partial charge in [-0.05, 0) is 19.2 Å². The van der Waals surface area contributed by atoms with E-state index in [0.29, 0.717) is 13.1 Å². The Hall–Kier alpha value is -2.36. The highest BCUT2D eigenvalue weighted by atomic mass is 19.4. The van der Waals surface area contributed by atoms with Crippen molar-refractivity contribution in [3.63, 3.8) is 0 Å². The Kier molecular flexibility index (Phi) is 4.33. The van der Waals surface area contributed by atoms with Gasteiger partial charge in [0.2, 0.25) is 0 Å². The summed E-state index contributed by atoms with van der Waals surface area (Å²) in [5.74, 6) is -3.99. The largest absolute Gasteiger partial charge is 0.573 e. The molecule has 0 saturated carbocycles. The van der Waals surface area contributed by atoms with Gasteiger partial charge in [0.25, 0.3) is 5.91 Å². The van der Waals surface area contributed by atoms with Crippen molar-refractivity contribution in [1.29, 1.82) is 0 Å². The van der Waals surface area contributed by atoms with E-state index >= 15 is 4.39 Å². The first-order valence-electron chi connectivity index (χ1n) is 7.84. The average Bonchev–Trinajstić information content (AvgIpc) is 2.78. The third-order valence-electron chi connectivity index (χ3n) is 4.77. The van der Waals surface area contributed by atoms with Crippen LogP contribution in [0.2, 0.25) is 0 Å². The van der Waals surface area contributed by atoms with Crippen molar-refractivity contribution >= 4 is 17.6 Å². The number of fused-ring (bicyclic) bond motifs is 1. The van der Waals surface area contributed by atoms with Gasteiger partial charge in [-0.25, -0.2) is 9.18 Å². The van der Waals surface area contributed by atoms with Gasteiger partial charge in [0.15, 0.2) is 5.67 Å². The normalized spacial score (nSPS) is 26.7. The number of halogens is 4. The summed E-state index contributed by atoms with van der Waals surface area (Å²) in [5, 5.41) is 9.02. The lowest BCUT2D eigenvalue weighted by Gasteiger charge is -2.34. The predicted octanol–water partition coefficient (Wildman–Crippen LogP) is 2.29. The van der Waals surface area contributed by atoms with E-state index in [1.807, 2.05) is 4.90 Å². The summed E-state index contributed by atoms with van der Waals surface area (Å²) in [6, 6.07) is 2.89. The molecule has 1 aromatic carbocycles. The zero-order chi connectivity index (χ0) is 19.3. The molecule has 0 radical (unpaired) electrons. The summed E-state index contributed by atoms with van der Waals surface area (Å²) in [6.07, 6.45) is -5.10. The molecule has 2 atom stereocenters. The van der Waals surface area contributed by atoms with E-state index in [1.54, 1.807) is 7.05 Å². The van der Waals surface area contributed by atoms with Crippen LogP contribution < -0.4 is 9.64 Å². The summed E-state index contributed by atoms with van der Waals surface area (Å²) in [6.45, 7) is 0.738. The van der Waals surface area contributed by atoms with Crippen molar-refractivity contribution in [2.24, 2.45) is 5.92 Å². The molecule has 2 aliphatic rings. The number of likely N-dealkylation sites (tertiary alicyclic amines) is 1. The van der Waals surface area contributed by atoms with Gasteiger partial charge in [0.05, 0.1) is 0 Å². The number of carbonyl (C=O) groups excluding carboxylic acids is 1. The molecule has 2 saturated heterocycles. The third kappa shape index (κ3) is 3.20.